The highest BCUT2D eigenvalue weighted by molar-refractivity contribution is 6.31. The Bertz CT molecular complexity index is 747. The van der Waals surface area contributed by atoms with Crippen molar-refractivity contribution >= 4 is 28.5 Å². The summed E-state index contributed by atoms with van der Waals surface area (Å²) < 4.78 is 6.94. The number of ether oxygens (including phenoxy) is 1. The van der Waals surface area contributed by atoms with E-state index in [9.17, 15) is 9.59 Å². The number of pyridine rings is 1. The molecule has 0 atom stereocenters. The second-order valence-corrected chi connectivity index (χ2v) is 5.33. The molecule has 4 nitrogen and oxygen atoms in total. The molecule has 2 aromatic rings. The molecule has 1 saturated carbocycles. The van der Waals surface area contributed by atoms with Gasteiger partial charge in [0.05, 0.1) is 12.1 Å². The van der Waals surface area contributed by atoms with Gasteiger partial charge in [-0.2, -0.15) is 0 Å². The molecule has 20 heavy (non-hydrogen) atoms. The summed E-state index contributed by atoms with van der Waals surface area (Å²) in [5.41, 5.74) is 0.571. The van der Waals surface area contributed by atoms with Crippen molar-refractivity contribution in [3.05, 3.63) is 45.2 Å². The second-order valence-electron chi connectivity index (χ2n) is 4.89. The van der Waals surface area contributed by atoms with Gasteiger partial charge in [0.25, 0.3) is 0 Å². The van der Waals surface area contributed by atoms with Crippen LogP contribution in [0.2, 0.25) is 5.02 Å². The number of rotatable bonds is 3. The zero-order valence-corrected chi connectivity index (χ0v) is 11.8. The lowest BCUT2D eigenvalue weighted by atomic mass is 10.1. The van der Waals surface area contributed by atoms with Crippen molar-refractivity contribution in [3.8, 4) is 0 Å². The second kappa shape index (κ2) is 4.94. The largest absolute Gasteiger partial charge is 0.462 e. The fourth-order valence-electron chi connectivity index (χ4n) is 2.34. The number of benzene rings is 1. The van der Waals surface area contributed by atoms with Gasteiger partial charge >= 0.3 is 5.97 Å². The Morgan fingerprint density at radius 2 is 2.20 bits per heavy atom. The SMILES string of the molecule is CCOC(=O)c1cn(C2CC2)c2ccc(Cl)cc2c1=O. The lowest BCUT2D eigenvalue weighted by Crippen LogP contribution is -2.20. The highest BCUT2D eigenvalue weighted by Gasteiger charge is 2.27. The van der Waals surface area contributed by atoms with Gasteiger partial charge in [0.2, 0.25) is 5.43 Å². The van der Waals surface area contributed by atoms with Crippen LogP contribution in [0.25, 0.3) is 10.9 Å². The summed E-state index contributed by atoms with van der Waals surface area (Å²) in [5.74, 6) is -0.575. The monoisotopic (exact) mass is 291 g/mol. The van der Waals surface area contributed by atoms with Crippen molar-refractivity contribution in [2.24, 2.45) is 0 Å². The maximum absolute atomic E-state index is 12.4. The van der Waals surface area contributed by atoms with E-state index in [4.69, 9.17) is 16.3 Å². The van der Waals surface area contributed by atoms with Gasteiger partial charge in [-0.1, -0.05) is 11.6 Å². The summed E-state index contributed by atoms with van der Waals surface area (Å²) in [6.07, 6.45) is 3.74. The van der Waals surface area contributed by atoms with Crippen LogP contribution in [0.1, 0.15) is 36.2 Å². The van der Waals surface area contributed by atoms with Gasteiger partial charge in [-0.15, -0.1) is 0 Å². The number of hydrogen-bond donors (Lipinski definition) is 0. The first-order valence-electron chi connectivity index (χ1n) is 6.63. The van der Waals surface area contributed by atoms with Gasteiger partial charge in [-0.25, -0.2) is 4.79 Å². The maximum Gasteiger partial charge on any atom is 0.343 e. The molecule has 3 rings (SSSR count). The van der Waals surface area contributed by atoms with Crippen molar-refractivity contribution in [3.63, 3.8) is 0 Å². The summed E-state index contributed by atoms with van der Waals surface area (Å²) >= 11 is 5.97. The number of carbonyl (C=O) groups is 1. The van der Waals surface area contributed by atoms with E-state index in [-0.39, 0.29) is 17.6 Å². The molecule has 0 radical (unpaired) electrons. The predicted molar refractivity (Wildman–Crippen MR) is 77.4 cm³/mol. The minimum atomic E-state index is -0.575. The Labute approximate surface area is 120 Å². The Morgan fingerprint density at radius 1 is 1.45 bits per heavy atom. The van der Waals surface area contributed by atoms with Crippen LogP contribution in [0.3, 0.4) is 0 Å². The number of esters is 1. The number of fused-ring (bicyclic) bond motifs is 1. The van der Waals surface area contributed by atoms with E-state index in [0.29, 0.717) is 16.5 Å². The van der Waals surface area contributed by atoms with Gasteiger partial charge in [-0.3, -0.25) is 4.79 Å². The Hall–Kier alpha value is -1.81. The van der Waals surface area contributed by atoms with Crippen LogP contribution in [-0.4, -0.2) is 17.1 Å². The predicted octanol–water partition coefficient (Wildman–Crippen LogP) is 3.17. The van der Waals surface area contributed by atoms with E-state index in [0.717, 1.165) is 18.4 Å². The third kappa shape index (κ3) is 2.20. The molecule has 0 saturated heterocycles. The first-order valence-corrected chi connectivity index (χ1v) is 7.01. The highest BCUT2D eigenvalue weighted by atomic mass is 35.5. The molecule has 1 aliphatic rings. The van der Waals surface area contributed by atoms with Crippen molar-refractivity contribution in [1.29, 1.82) is 0 Å². The normalized spacial score (nSPS) is 14.5. The molecule has 1 aromatic heterocycles. The van der Waals surface area contributed by atoms with Crippen LogP contribution >= 0.6 is 11.6 Å². The Morgan fingerprint density at radius 3 is 2.85 bits per heavy atom. The number of nitrogens with zero attached hydrogens (tertiary/aromatic N) is 1. The number of hydrogen-bond acceptors (Lipinski definition) is 3. The first-order chi connectivity index (χ1) is 9.61. The quantitative estimate of drug-likeness (QED) is 0.816. The van der Waals surface area contributed by atoms with E-state index in [1.807, 2.05) is 10.6 Å². The highest BCUT2D eigenvalue weighted by Crippen LogP contribution is 2.37. The number of carbonyl (C=O) groups excluding carboxylic acids is 1. The zero-order valence-electron chi connectivity index (χ0n) is 11.1. The van der Waals surface area contributed by atoms with E-state index in [1.165, 1.54) is 0 Å². The molecule has 0 unspecified atom stereocenters. The van der Waals surface area contributed by atoms with Crippen LogP contribution in [0.15, 0.2) is 29.2 Å². The first kappa shape index (κ1) is 13.2. The van der Waals surface area contributed by atoms with E-state index < -0.39 is 5.97 Å². The van der Waals surface area contributed by atoms with Crippen LogP contribution < -0.4 is 5.43 Å². The molecule has 0 bridgehead atoms. The number of aromatic nitrogens is 1. The molecule has 0 amide bonds. The van der Waals surface area contributed by atoms with Crippen LogP contribution in [-0.2, 0) is 4.74 Å². The van der Waals surface area contributed by atoms with Crippen LogP contribution in [0.5, 0.6) is 0 Å². The lowest BCUT2D eigenvalue weighted by molar-refractivity contribution is 0.0524. The fourth-order valence-corrected chi connectivity index (χ4v) is 2.51. The summed E-state index contributed by atoms with van der Waals surface area (Å²) in [6.45, 7) is 1.96. The minimum Gasteiger partial charge on any atom is -0.462 e. The van der Waals surface area contributed by atoms with Crippen LogP contribution in [0.4, 0.5) is 0 Å². The molecule has 104 valence electrons. The van der Waals surface area contributed by atoms with E-state index >= 15 is 0 Å². The van der Waals surface area contributed by atoms with Gasteiger partial charge in [-0.05, 0) is 38.0 Å². The molecule has 1 aliphatic carbocycles. The topological polar surface area (TPSA) is 48.3 Å². The Balaban J connectivity index is 2.28. The molecular formula is C15H14ClNO3. The molecule has 0 N–H and O–H groups in total. The molecule has 5 heteroatoms. The standard InChI is InChI=1S/C15H14ClNO3/c1-2-20-15(19)12-8-17(10-4-5-10)13-6-3-9(16)7-11(13)14(12)18/h3,6-8,10H,2,4-5H2,1H3. The van der Waals surface area contributed by atoms with E-state index in [2.05, 4.69) is 0 Å². The zero-order chi connectivity index (χ0) is 14.3. The average Bonchev–Trinajstić information content (AvgIpc) is 3.24. The number of halogens is 1. The van der Waals surface area contributed by atoms with Gasteiger partial charge in [0.1, 0.15) is 5.56 Å². The summed E-state index contributed by atoms with van der Waals surface area (Å²) in [4.78, 5) is 24.3. The molecular weight excluding hydrogens is 278 g/mol. The van der Waals surface area contributed by atoms with Gasteiger partial charge < -0.3 is 9.30 Å². The smallest absolute Gasteiger partial charge is 0.343 e. The molecule has 0 aliphatic heterocycles. The van der Waals surface area contributed by atoms with Crippen LogP contribution in [0, 0.1) is 0 Å². The lowest BCUT2D eigenvalue weighted by Gasteiger charge is -2.12. The van der Waals surface area contributed by atoms with Crippen molar-refractivity contribution < 1.29 is 9.53 Å². The maximum atomic E-state index is 12.4. The fraction of sp³-hybridized carbons (Fsp3) is 0.333. The summed E-state index contributed by atoms with van der Waals surface area (Å²) in [6, 6.07) is 5.55. The molecule has 1 aromatic carbocycles. The van der Waals surface area contributed by atoms with Crippen molar-refractivity contribution in [2.45, 2.75) is 25.8 Å². The van der Waals surface area contributed by atoms with E-state index in [1.54, 1.807) is 25.3 Å². The van der Waals surface area contributed by atoms with Gasteiger partial charge in [0.15, 0.2) is 0 Å². The molecule has 0 spiro atoms. The summed E-state index contributed by atoms with van der Waals surface area (Å²) in [5, 5.41) is 0.952. The Kier molecular flexibility index (Phi) is 3.26. The summed E-state index contributed by atoms with van der Waals surface area (Å²) in [7, 11) is 0. The molecule has 1 heterocycles. The van der Waals surface area contributed by atoms with Crippen molar-refractivity contribution in [2.75, 3.05) is 6.61 Å². The van der Waals surface area contributed by atoms with Gasteiger partial charge in [0, 0.05) is 22.6 Å². The average molecular weight is 292 g/mol. The minimum absolute atomic E-state index is 0.0773. The molecule has 1 fully saturated rings. The third-order valence-corrected chi connectivity index (χ3v) is 3.66. The third-order valence-electron chi connectivity index (χ3n) is 3.43. The van der Waals surface area contributed by atoms with Crippen molar-refractivity contribution in [1.82, 2.24) is 4.57 Å².